The van der Waals surface area contributed by atoms with E-state index in [2.05, 4.69) is 20.5 Å². The number of nitrogens with one attached hydrogen (secondary N) is 1. The quantitative estimate of drug-likeness (QED) is 0.858. The second-order valence-electron chi connectivity index (χ2n) is 5.24. The maximum Gasteiger partial charge on any atom is 0.247 e. The Bertz CT molecular complexity index is 732. The standard InChI is InChI=1S/C13H17N5O3S/c1-18(10-4-6-22(19,20)9-10)13-16-12(8-15-17-13)14-7-11-3-2-5-21-11/h2-3,5,8,10H,4,6-7,9H2,1H3,(H,14,16,17). The molecule has 1 fully saturated rings. The lowest BCUT2D eigenvalue weighted by Gasteiger charge is -2.22. The molecule has 0 aliphatic carbocycles. The van der Waals surface area contributed by atoms with Crippen LogP contribution in [-0.4, -0.2) is 48.2 Å². The third-order valence-electron chi connectivity index (χ3n) is 3.64. The van der Waals surface area contributed by atoms with Gasteiger partial charge in [0.15, 0.2) is 15.7 Å². The van der Waals surface area contributed by atoms with Gasteiger partial charge in [0.1, 0.15) is 5.76 Å². The summed E-state index contributed by atoms with van der Waals surface area (Å²) < 4.78 is 28.4. The van der Waals surface area contributed by atoms with Crippen molar-refractivity contribution in [2.24, 2.45) is 0 Å². The van der Waals surface area contributed by atoms with Gasteiger partial charge in [-0.15, -0.1) is 5.10 Å². The van der Waals surface area contributed by atoms with Gasteiger partial charge in [-0.3, -0.25) is 0 Å². The van der Waals surface area contributed by atoms with Crippen molar-refractivity contribution in [3.63, 3.8) is 0 Å². The average Bonchev–Trinajstić information content (AvgIpc) is 3.14. The molecule has 0 amide bonds. The molecule has 0 aromatic carbocycles. The number of furan rings is 1. The van der Waals surface area contributed by atoms with Crippen molar-refractivity contribution in [2.45, 2.75) is 19.0 Å². The largest absolute Gasteiger partial charge is 0.467 e. The van der Waals surface area contributed by atoms with Crippen LogP contribution in [0.2, 0.25) is 0 Å². The predicted octanol–water partition coefficient (Wildman–Crippen LogP) is 0.700. The maximum atomic E-state index is 11.6. The Labute approximate surface area is 128 Å². The van der Waals surface area contributed by atoms with E-state index >= 15 is 0 Å². The second-order valence-corrected chi connectivity index (χ2v) is 7.47. The number of aromatic nitrogens is 3. The molecule has 1 aliphatic rings. The zero-order valence-corrected chi connectivity index (χ0v) is 13.0. The highest BCUT2D eigenvalue weighted by atomic mass is 32.2. The second kappa shape index (κ2) is 5.91. The summed E-state index contributed by atoms with van der Waals surface area (Å²) in [7, 11) is -1.15. The Morgan fingerprint density at radius 1 is 1.50 bits per heavy atom. The Hall–Kier alpha value is -2.16. The van der Waals surface area contributed by atoms with E-state index in [9.17, 15) is 8.42 Å². The van der Waals surface area contributed by atoms with E-state index in [1.165, 1.54) is 6.20 Å². The lowest BCUT2D eigenvalue weighted by molar-refractivity contribution is 0.517. The zero-order valence-electron chi connectivity index (χ0n) is 12.1. The molecule has 1 saturated heterocycles. The lowest BCUT2D eigenvalue weighted by atomic mass is 10.2. The molecule has 3 heterocycles. The van der Waals surface area contributed by atoms with Crippen LogP contribution in [0.1, 0.15) is 12.2 Å². The third-order valence-corrected chi connectivity index (χ3v) is 5.39. The van der Waals surface area contributed by atoms with Gasteiger partial charge in [0.2, 0.25) is 5.95 Å². The molecular formula is C13H17N5O3S. The minimum Gasteiger partial charge on any atom is -0.467 e. The average molecular weight is 323 g/mol. The summed E-state index contributed by atoms with van der Waals surface area (Å²) in [6, 6.07) is 3.57. The lowest BCUT2D eigenvalue weighted by Crippen LogP contribution is -2.34. The first-order chi connectivity index (χ1) is 10.5. The first-order valence-electron chi connectivity index (χ1n) is 6.93. The molecule has 1 N–H and O–H groups in total. The highest BCUT2D eigenvalue weighted by molar-refractivity contribution is 7.91. The molecular weight excluding hydrogens is 306 g/mol. The van der Waals surface area contributed by atoms with Gasteiger partial charge >= 0.3 is 0 Å². The van der Waals surface area contributed by atoms with E-state index in [1.54, 1.807) is 18.2 Å². The fraction of sp³-hybridized carbons (Fsp3) is 0.462. The van der Waals surface area contributed by atoms with Crippen LogP contribution >= 0.6 is 0 Å². The van der Waals surface area contributed by atoms with Crippen molar-refractivity contribution in [3.8, 4) is 0 Å². The normalized spacial score (nSPS) is 20.0. The number of nitrogens with zero attached hydrogens (tertiary/aromatic N) is 4. The minimum atomic E-state index is -2.94. The fourth-order valence-electron chi connectivity index (χ4n) is 2.36. The highest BCUT2D eigenvalue weighted by Gasteiger charge is 2.31. The molecule has 0 bridgehead atoms. The summed E-state index contributed by atoms with van der Waals surface area (Å²) in [4.78, 5) is 6.14. The monoisotopic (exact) mass is 323 g/mol. The van der Waals surface area contributed by atoms with Crippen molar-refractivity contribution in [2.75, 3.05) is 28.8 Å². The zero-order chi connectivity index (χ0) is 15.6. The van der Waals surface area contributed by atoms with Crippen molar-refractivity contribution in [1.29, 1.82) is 0 Å². The summed E-state index contributed by atoms with van der Waals surface area (Å²) in [5.74, 6) is 2.11. The summed E-state index contributed by atoms with van der Waals surface area (Å²) in [6.45, 7) is 0.493. The summed E-state index contributed by atoms with van der Waals surface area (Å²) in [5, 5.41) is 11.0. The third kappa shape index (κ3) is 3.35. The maximum absolute atomic E-state index is 11.6. The number of rotatable bonds is 5. The molecule has 0 spiro atoms. The smallest absolute Gasteiger partial charge is 0.247 e. The highest BCUT2D eigenvalue weighted by Crippen LogP contribution is 2.20. The molecule has 3 rings (SSSR count). The summed E-state index contributed by atoms with van der Waals surface area (Å²) in [6.07, 6.45) is 3.72. The SMILES string of the molecule is CN(c1nncc(NCc2ccco2)n1)C1CCS(=O)(=O)C1. The molecule has 2 aromatic heterocycles. The topological polar surface area (TPSA) is 101 Å². The van der Waals surface area contributed by atoms with Gasteiger partial charge in [-0.1, -0.05) is 0 Å². The number of anilines is 2. The van der Waals surface area contributed by atoms with E-state index < -0.39 is 9.84 Å². The molecule has 118 valence electrons. The van der Waals surface area contributed by atoms with Crippen molar-refractivity contribution >= 4 is 21.6 Å². The molecule has 1 unspecified atom stereocenters. The molecule has 0 saturated carbocycles. The molecule has 1 aliphatic heterocycles. The number of sulfone groups is 1. The van der Waals surface area contributed by atoms with Crippen LogP contribution in [0.3, 0.4) is 0 Å². The fourth-order valence-corrected chi connectivity index (χ4v) is 4.14. The molecule has 8 nitrogen and oxygen atoms in total. The first-order valence-corrected chi connectivity index (χ1v) is 8.75. The van der Waals surface area contributed by atoms with E-state index in [4.69, 9.17) is 4.42 Å². The minimum absolute atomic E-state index is 0.105. The Morgan fingerprint density at radius 3 is 3.05 bits per heavy atom. The number of hydrogen-bond donors (Lipinski definition) is 1. The van der Waals surface area contributed by atoms with Gasteiger partial charge in [0.25, 0.3) is 0 Å². The van der Waals surface area contributed by atoms with Crippen LogP contribution in [0.4, 0.5) is 11.8 Å². The van der Waals surface area contributed by atoms with Crippen LogP contribution in [0.15, 0.2) is 29.0 Å². The molecule has 0 radical (unpaired) electrons. The number of hydrogen-bond acceptors (Lipinski definition) is 8. The summed E-state index contributed by atoms with van der Waals surface area (Å²) in [5.41, 5.74) is 0. The van der Waals surface area contributed by atoms with Gasteiger partial charge in [-0.05, 0) is 18.6 Å². The van der Waals surface area contributed by atoms with E-state index in [0.717, 1.165) is 5.76 Å². The van der Waals surface area contributed by atoms with Gasteiger partial charge in [-0.25, -0.2) is 8.42 Å². The first kappa shape index (κ1) is 14.8. The van der Waals surface area contributed by atoms with Crippen molar-refractivity contribution in [3.05, 3.63) is 30.4 Å². The van der Waals surface area contributed by atoms with Crippen LogP contribution in [0, 0.1) is 0 Å². The molecule has 2 aromatic rings. The Kier molecular flexibility index (Phi) is 3.97. The predicted molar refractivity (Wildman–Crippen MR) is 81.3 cm³/mol. The van der Waals surface area contributed by atoms with Crippen LogP contribution < -0.4 is 10.2 Å². The van der Waals surface area contributed by atoms with Gasteiger partial charge in [-0.2, -0.15) is 10.1 Å². The summed E-state index contributed by atoms with van der Waals surface area (Å²) >= 11 is 0. The van der Waals surface area contributed by atoms with E-state index in [1.807, 2.05) is 12.1 Å². The van der Waals surface area contributed by atoms with Crippen molar-refractivity contribution in [1.82, 2.24) is 15.2 Å². The van der Waals surface area contributed by atoms with Crippen LogP contribution in [0.5, 0.6) is 0 Å². The Morgan fingerprint density at radius 2 is 2.36 bits per heavy atom. The van der Waals surface area contributed by atoms with E-state index in [0.29, 0.717) is 24.7 Å². The van der Waals surface area contributed by atoms with Crippen molar-refractivity contribution < 1.29 is 12.8 Å². The molecule has 9 heteroatoms. The van der Waals surface area contributed by atoms with E-state index in [-0.39, 0.29) is 17.5 Å². The van der Waals surface area contributed by atoms with Crippen LogP contribution in [0.25, 0.3) is 0 Å². The van der Waals surface area contributed by atoms with Gasteiger partial charge in [0, 0.05) is 13.1 Å². The molecule has 1 atom stereocenters. The van der Waals surface area contributed by atoms with Gasteiger partial charge < -0.3 is 14.6 Å². The van der Waals surface area contributed by atoms with Gasteiger partial charge in [0.05, 0.1) is 30.5 Å². The molecule has 22 heavy (non-hydrogen) atoms. The Balaban J connectivity index is 1.68. The van der Waals surface area contributed by atoms with Crippen LogP contribution in [-0.2, 0) is 16.4 Å².